The highest BCUT2D eigenvalue weighted by Gasteiger charge is 2.47. The van der Waals surface area contributed by atoms with E-state index >= 15 is 0 Å². The van der Waals surface area contributed by atoms with Crippen LogP contribution in [0.15, 0.2) is 92.4 Å². The normalized spacial score (nSPS) is 19.4. The zero-order valence-electron chi connectivity index (χ0n) is 16.4. The van der Waals surface area contributed by atoms with Gasteiger partial charge in [-0.2, -0.15) is 0 Å². The molecule has 2 aliphatic rings. The van der Waals surface area contributed by atoms with E-state index < -0.39 is 0 Å². The average molecular weight is 419 g/mol. The smallest absolute Gasteiger partial charge is 0.123 e. The maximum atomic E-state index is 5.77. The Morgan fingerprint density at radius 1 is 0.621 bits per heavy atom. The molecule has 0 heterocycles. The summed E-state index contributed by atoms with van der Waals surface area (Å²) in [5.41, 5.74) is 2.63. The van der Waals surface area contributed by atoms with Gasteiger partial charge >= 0.3 is 0 Å². The first-order chi connectivity index (χ1) is 14.3. The predicted octanol–water partition coefficient (Wildman–Crippen LogP) is 7.08. The zero-order valence-corrected chi connectivity index (χ0v) is 18.1. The van der Waals surface area contributed by atoms with Crippen LogP contribution in [0.25, 0.3) is 0 Å². The maximum absolute atomic E-state index is 5.77. The van der Waals surface area contributed by atoms with Crippen LogP contribution in [0.5, 0.6) is 11.5 Å². The molecular formula is C25H22O2S2. The first-order valence-corrected chi connectivity index (χ1v) is 11.4. The molecular weight excluding hydrogens is 396 g/mol. The number of rotatable bonds is 6. The lowest BCUT2D eigenvalue weighted by molar-refractivity contribution is 0.396. The second-order valence-corrected chi connectivity index (χ2v) is 9.43. The highest BCUT2D eigenvalue weighted by atomic mass is 32.2. The molecule has 2 bridgehead atoms. The number of hydrogen-bond donors (Lipinski definition) is 0. The van der Waals surface area contributed by atoms with Gasteiger partial charge in [-0.15, -0.1) is 0 Å². The van der Waals surface area contributed by atoms with Crippen molar-refractivity contribution in [2.24, 2.45) is 0 Å². The fraction of sp³-hybridized carbons (Fsp3) is 0.200. The van der Waals surface area contributed by atoms with Gasteiger partial charge in [-0.05, 0) is 42.8 Å². The third kappa shape index (κ3) is 3.24. The Labute approximate surface area is 180 Å². The SMILES string of the molecule is COc1ccc(OC)c2c1[C@@H]1C[C@H]2C(Sc2ccccc2)=C1Sc1ccccc1. The summed E-state index contributed by atoms with van der Waals surface area (Å²) in [5, 5.41) is 0. The Bertz CT molecular complexity index is 976. The fourth-order valence-electron chi connectivity index (χ4n) is 4.44. The third-order valence-corrected chi connectivity index (χ3v) is 8.23. The molecule has 3 aromatic rings. The van der Waals surface area contributed by atoms with E-state index in [2.05, 4.69) is 60.7 Å². The Balaban J connectivity index is 1.63. The van der Waals surface area contributed by atoms with Crippen LogP contribution in [-0.2, 0) is 0 Å². The minimum Gasteiger partial charge on any atom is -0.496 e. The molecule has 29 heavy (non-hydrogen) atoms. The summed E-state index contributed by atoms with van der Waals surface area (Å²) in [4.78, 5) is 5.47. The van der Waals surface area contributed by atoms with Gasteiger partial charge in [0.15, 0.2) is 0 Å². The number of allylic oxidation sites excluding steroid dienone is 2. The molecule has 0 saturated carbocycles. The molecule has 5 rings (SSSR count). The molecule has 0 fully saturated rings. The standard InChI is InChI=1S/C25H22O2S2/c1-26-20-13-14-21(27-2)23-19-15-18(22(20)23)24(28-16-9-5-3-6-10-16)25(19)29-17-11-7-4-8-12-17/h3-14,18-19H,15H2,1-2H3/t18-,19+. The van der Waals surface area contributed by atoms with Gasteiger partial charge in [-0.25, -0.2) is 0 Å². The van der Waals surface area contributed by atoms with Crippen molar-refractivity contribution >= 4 is 23.5 Å². The van der Waals surface area contributed by atoms with Crippen LogP contribution in [-0.4, -0.2) is 14.2 Å². The van der Waals surface area contributed by atoms with E-state index in [0.29, 0.717) is 11.8 Å². The first-order valence-electron chi connectivity index (χ1n) is 9.74. The van der Waals surface area contributed by atoms with Crippen molar-refractivity contribution in [3.8, 4) is 11.5 Å². The maximum Gasteiger partial charge on any atom is 0.123 e. The molecule has 3 aromatic carbocycles. The summed E-state index contributed by atoms with van der Waals surface area (Å²) in [6.07, 6.45) is 1.09. The van der Waals surface area contributed by atoms with Crippen LogP contribution >= 0.6 is 23.5 Å². The number of hydrogen-bond acceptors (Lipinski definition) is 4. The lowest BCUT2D eigenvalue weighted by Crippen LogP contribution is -2.06. The molecule has 0 aromatic heterocycles. The van der Waals surface area contributed by atoms with Crippen LogP contribution < -0.4 is 9.47 Å². The van der Waals surface area contributed by atoms with Crippen molar-refractivity contribution in [3.63, 3.8) is 0 Å². The van der Waals surface area contributed by atoms with Gasteiger partial charge in [0.1, 0.15) is 11.5 Å². The van der Waals surface area contributed by atoms with Crippen molar-refractivity contribution in [3.05, 3.63) is 93.7 Å². The van der Waals surface area contributed by atoms with Crippen LogP contribution in [0.3, 0.4) is 0 Å². The van der Waals surface area contributed by atoms with Crippen molar-refractivity contribution < 1.29 is 9.47 Å². The number of fused-ring (bicyclic) bond motifs is 5. The zero-order chi connectivity index (χ0) is 19.8. The van der Waals surface area contributed by atoms with E-state index in [1.807, 2.05) is 35.7 Å². The van der Waals surface area contributed by atoms with E-state index in [9.17, 15) is 0 Å². The van der Waals surface area contributed by atoms with Gasteiger partial charge in [0.05, 0.1) is 14.2 Å². The number of thioether (sulfide) groups is 2. The summed E-state index contributed by atoms with van der Waals surface area (Å²) < 4.78 is 11.5. The first kappa shape index (κ1) is 18.7. The van der Waals surface area contributed by atoms with E-state index in [4.69, 9.17) is 9.47 Å². The van der Waals surface area contributed by atoms with Gasteiger partial charge < -0.3 is 9.47 Å². The third-order valence-electron chi connectivity index (χ3n) is 5.63. The largest absolute Gasteiger partial charge is 0.496 e. The highest BCUT2D eigenvalue weighted by molar-refractivity contribution is 8.07. The van der Waals surface area contributed by atoms with Crippen LogP contribution in [0.1, 0.15) is 29.4 Å². The van der Waals surface area contributed by atoms with E-state index in [-0.39, 0.29) is 0 Å². The number of benzene rings is 3. The van der Waals surface area contributed by atoms with E-state index in [0.717, 1.165) is 17.9 Å². The Morgan fingerprint density at radius 3 is 1.41 bits per heavy atom. The number of ether oxygens (including phenoxy) is 2. The summed E-state index contributed by atoms with van der Waals surface area (Å²) in [7, 11) is 3.53. The van der Waals surface area contributed by atoms with E-state index in [1.165, 1.54) is 30.7 Å². The molecule has 0 aliphatic heterocycles. The number of methoxy groups -OCH3 is 2. The van der Waals surface area contributed by atoms with Crippen LogP contribution in [0.2, 0.25) is 0 Å². The summed E-state index contributed by atoms with van der Waals surface area (Å²) in [6, 6.07) is 25.4. The minimum atomic E-state index is 0.358. The van der Waals surface area contributed by atoms with Gasteiger partial charge in [0, 0.05) is 42.6 Å². The van der Waals surface area contributed by atoms with Crippen molar-refractivity contribution in [2.75, 3.05) is 14.2 Å². The summed E-state index contributed by atoms with van der Waals surface area (Å²) >= 11 is 3.80. The lowest BCUT2D eigenvalue weighted by Gasteiger charge is -2.25. The van der Waals surface area contributed by atoms with Crippen molar-refractivity contribution in [1.82, 2.24) is 0 Å². The quantitative estimate of drug-likeness (QED) is 0.425. The Kier molecular flexibility index (Phi) is 5.06. The molecule has 2 nitrogen and oxygen atoms in total. The van der Waals surface area contributed by atoms with Gasteiger partial charge in [-0.1, -0.05) is 59.9 Å². The molecule has 0 saturated heterocycles. The molecule has 2 atom stereocenters. The Morgan fingerprint density at radius 2 is 1.03 bits per heavy atom. The van der Waals surface area contributed by atoms with Gasteiger partial charge in [0.2, 0.25) is 0 Å². The highest BCUT2D eigenvalue weighted by Crippen LogP contribution is 2.66. The van der Waals surface area contributed by atoms with Gasteiger partial charge in [-0.3, -0.25) is 0 Å². The predicted molar refractivity (Wildman–Crippen MR) is 121 cm³/mol. The second kappa shape index (κ2) is 7.85. The molecule has 4 heteroatoms. The van der Waals surface area contributed by atoms with Crippen LogP contribution in [0, 0.1) is 0 Å². The van der Waals surface area contributed by atoms with Gasteiger partial charge in [0.25, 0.3) is 0 Å². The molecule has 0 unspecified atom stereocenters. The lowest BCUT2D eigenvalue weighted by atomic mass is 9.94. The summed E-state index contributed by atoms with van der Waals surface area (Å²) in [5.74, 6) is 2.67. The average Bonchev–Trinajstić information content (AvgIpc) is 3.32. The Hall–Kier alpha value is -2.30. The molecule has 2 aliphatic carbocycles. The minimum absolute atomic E-state index is 0.358. The van der Waals surface area contributed by atoms with Crippen molar-refractivity contribution in [1.29, 1.82) is 0 Å². The molecule has 0 amide bonds. The second-order valence-electron chi connectivity index (χ2n) is 7.20. The molecule has 0 spiro atoms. The monoisotopic (exact) mass is 418 g/mol. The fourth-order valence-corrected chi connectivity index (χ4v) is 6.98. The molecule has 0 radical (unpaired) electrons. The molecule has 0 N–H and O–H groups in total. The summed E-state index contributed by atoms with van der Waals surface area (Å²) in [6.45, 7) is 0. The van der Waals surface area contributed by atoms with E-state index in [1.54, 1.807) is 14.2 Å². The van der Waals surface area contributed by atoms with Crippen molar-refractivity contribution in [2.45, 2.75) is 28.0 Å². The topological polar surface area (TPSA) is 18.5 Å². The van der Waals surface area contributed by atoms with Crippen LogP contribution in [0.4, 0.5) is 0 Å². The molecule has 146 valence electrons.